The number of amides is 2. The monoisotopic (exact) mass is 396 g/mol. The number of aromatic nitrogens is 1. The number of rotatable bonds is 4. The van der Waals surface area contributed by atoms with Crippen LogP contribution in [0.5, 0.6) is 0 Å². The predicted molar refractivity (Wildman–Crippen MR) is 110 cm³/mol. The minimum atomic E-state index is -0.303. The molecular formula is C21H24N4O2S. The highest BCUT2D eigenvalue weighted by Gasteiger charge is 2.39. The molecule has 0 saturated carbocycles. The van der Waals surface area contributed by atoms with Gasteiger partial charge in [-0.1, -0.05) is 12.1 Å². The number of nitrogens with zero attached hydrogens (tertiary/aromatic N) is 3. The van der Waals surface area contributed by atoms with E-state index in [-0.39, 0.29) is 30.2 Å². The SMILES string of the molecule is CSc1cccc(N2CC(C(=O)N3CCNCC3c3cccnc3)CC2=O)c1. The summed E-state index contributed by atoms with van der Waals surface area (Å²) in [6, 6.07) is 11.8. The minimum absolute atomic E-state index is 0.0182. The minimum Gasteiger partial charge on any atom is -0.333 e. The first kappa shape index (κ1) is 19.0. The van der Waals surface area contributed by atoms with Crippen LogP contribution in [0.4, 0.5) is 5.69 Å². The van der Waals surface area contributed by atoms with Crippen LogP contribution in [-0.4, -0.2) is 54.1 Å². The predicted octanol–water partition coefficient (Wildman–Crippen LogP) is 2.33. The van der Waals surface area contributed by atoms with Gasteiger partial charge >= 0.3 is 0 Å². The Balaban J connectivity index is 1.52. The molecule has 2 amide bonds. The fourth-order valence-electron chi connectivity index (χ4n) is 3.97. The van der Waals surface area contributed by atoms with Gasteiger partial charge in [-0.3, -0.25) is 14.6 Å². The molecule has 7 heteroatoms. The maximum absolute atomic E-state index is 13.3. The van der Waals surface area contributed by atoms with E-state index < -0.39 is 0 Å². The summed E-state index contributed by atoms with van der Waals surface area (Å²) < 4.78 is 0. The van der Waals surface area contributed by atoms with Crippen molar-refractivity contribution in [3.8, 4) is 0 Å². The van der Waals surface area contributed by atoms with E-state index in [4.69, 9.17) is 0 Å². The van der Waals surface area contributed by atoms with E-state index in [0.717, 1.165) is 22.7 Å². The third-order valence-corrected chi connectivity index (χ3v) is 6.16. The van der Waals surface area contributed by atoms with Crippen LogP contribution < -0.4 is 10.2 Å². The average molecular weight is 397 g/mol. The first-order valence-electron chi connectivity index (χ1n) is 9.53. The number of thioether (sulfide) groups is 1. The molecule has 0 spiro atoms. The summed E-state index contributed by atoms with van der Waals surface area (Å²) in [5, 5.41) is 3.36. The highest BCUT2D eigenvalue weighted by atomic mass is 32.2. The van der Waals surface area contributed by atoms with E-state index in [1.54, 1.807) is 22.9 Å². The van der Waals surface area contributed by atoms with E-state index in [9.17, 15) is 9.59 Å². The van der Waals surface area contributed by atoms with Crippen LogP contribution in [0.3, 0.4) is 0 Å². The van der Waals surface area contributed by atoms with Gasteiger partial charge in [0.2, 0.25) is 11.8 Å². The second kappa shape index (κ2) is 8.32. The normalized spacial score (nSPS) is 22.5. The topological polar surface area (TPSA) is 65.5 Å². The Morgan fingerprint density at radius 2 is 2.18 bits per heavy atom. The van der Waals surface area contributed by atoms with Crippen molar-refractivity contribution in [2.75, 3.05) is 37.3 Å². The van der Waals surface area contributed by atoms with Crippen LogP contribution in [0.15, 0.2) is 53.7 Å². The largest absolute Gasteiger partial charge is 0.333 e. The molecule has 28 heavy (non-hydrogen) atoms. The number of nitrogens with one attached hydrogen (secondary N) is 1. The molecule has 1 aromatic carbocycles. The van der Waals surface area contributed by atoms with Crippen molar-refractivity contribution in [1.29, 1.82) is 0 Å². The van der Waals surface area contributed by atoms with Gasteiger partial charge in [-0.2, -0.15) is 0 Å². The van der Waals surface area contributed by atoms with Crippen LogP contribution in [0.1, 0.15) is 18.0 Å². The first-order valence-corrected chi connectivity index (χ1v) is 10.8. The summed E-state index contributed by atoms with van der Waals surface area (Å²) in [4.78, 5) is 35.0. The molecule has 1 aromatic heterocycles. The maximum atomic E-state index is 13.3. The Kier molecular flexibility index (Phi) is 5.64. The summed E-state index contributed by atoms with van der Waals surface area (Å²) in [6.45, 7) is 2.56. The van der Waals surface area contributed by atoms with Crippen molar-refractivity contribution in [2.24, 2.45) is 5.92 Å². The van der Waals surface area contributed by atoms with Crippen molar-refractivity contribution >= 4 is 29.3 Å². The van der Waals surface area contributed by atoms with Gasteiger partial charge in [0.1, 0.15) is 0 Å². The molecule has 2 aromatic rings. The lowest BCUT2D eigenvalue weighted by Crippen LogP contribution is -2.50. The lowest BCUT2D eigenvalue weighted by Gasteiger charge is -2.37. The molecule has 2 saturated heterocycles. The molecule has 146 valence electrons. The lowest BCUT2D eigenvalue weighted by atomic mass is 10.0. The fraction of sp³-hybridized carbons (Fsp3) is 0.381. The maximum Gasteiger partial charge on any atom is 0.228 e. The molecule has 2 aliphatic heterocycles. The fourth-order valence-corrected chi connectivity index (χ4v) is 4.43. The van der Waals surface area contributed by atoms with E-state index in [2.05, 4.69) is 10.3 Å². The highest BCUT2D eigenvalue weighted by molar-refractivity contribution is 7.98. The van der Waals surface area contributed by atoms with Crippen LogP contribution in [0, 0.1) is 5.92 Å². The quantitative estimate of drug-likeness (QED) is 0.804. The number of carbonyl (C=O) groups is 2. The number of hydrogen-bond donors (Lipinski definition) is 1. The van der Waals surface area contributed by atoms with E-state index in [1.165, 1.54) is 0 Å². The van der Waals surface area contributed by atoms with Crippen molar-refractivity contribution in [3.05, 3.63) is 54.4 Å². The molecule has 0 bridgehead atoms. The van der Waals surface area contributed by atoms with Gasteiger partial charge in [-0.25, -0.2) is 0 Å². The van der Waals surface area contributed by atoms with Gasteiger partial charge in [0.25, 0.3) is 0 Å². The average Bonchev–Trinajstić information content (AvgIpc) is 3.15. The number of anilines is 1. The van der Waals surface area contributed by atoms with Crippen molar-refractivity contribution in [3.63, 3.8) is 0 Å². The number of hydrogen-bond acceptors (Lipinski definition) is 5. The van der Waals surface area contributed by atoms with Crippen LogP contribution in [0.25, 0.3) is 0 Å². The highest BCUT2D eigenvalue weighted by Crippen LogP contribution is 2.31. The molecule has 3 heterocycles. The van der Waals surface area contributed by atoms with E-state index in [1.807, 2.05) is 53.8 Å². The van der Waals surface area contributed by atoms with Gasteiger partial charge in [0.05, 0.1) is 12.0 Å². The number of piperazine rings is 1. The Morgan fingerprint density at radius 3 is 2.96 bits per heavy atom. The zero-order valence-corrected chi connectivity index (χ0v) is 16.7. The third-order valence-electron chi connectivity index (χ3n) is 5.43. The summed E-state index contributed by atoms with van der Waals surface area (Å²) in [6.07, 6.45) is 5.84. The zero-order chi connectivity index (χ0) is 19.5. The lowest BCUT2D eigenvalue weighted by molar-refractivity contribution is -0.139. The zero-order valence-electron chi connectivity index (χ0n) is 15.9. The van der Waals surface area contributed by atoms with Crippen LogP contribution in [0.2, 0.25) is 0 Å². The second-order valence-electron chi connectivity index (χ2n) is 7.14. The molecule has 2 atom stereocenters. The van der Waals surface area contributed by atoms with Gasteiger partial charge in [0, 0.05) is 55.6 Å². The third kappa shape index (κ3) is 3.77. The Bertz CT molecular complexity index is 860. The van der Waals surface area contributed by atoms with Gasteiger partial charge in [-0.05, 0) is 36.1 Å². The number of carbonyl (C=O) groups excluding carboxylic acids is 2. The van der Waals surface area contributed by atoms with Gasteiger partial charge in [0.15, 0.2) is 0 Å². The summed E-state index contributed by atoms with van der Waals surface area (Å²) >= 11 is 1.64. The van der Waals surface area contributed by atoms with E-state index in [0.29, 0.717) is 19.6 Å². The Hall–Kier alpha value is -2.38. The van der Waals surface area contributed by atoms with Crippen LogP contribution in [-0.2, 0) is 9.59 Å². The molecule has 1 N–H and O–H groups in total. The molecule has 2 fully saturated rings. The standard InChI is InChI=1S/C21H24N4O2S/c1-28-18-6-2-5-17(11-18)25-14-16(10-20(25)26)21(27)24-9-8-23-13-19(24)15-4-3-7-22-12-15/h2-7,11-12,16,19,23H,8-10,13-14H2,1H3. The Morgan fingerprint density at radius 1 is 1.29 bits per heavy atom. The molecule has 4 rings (SSSR count). The van der Waals surface area contributed by atoms with Gasteiger partial charge < -0.3 is 15.1 Å². The summed E-state index contributed by atoms with van der Waals surface area (Å²) in [7, 11) is 0. The van der Waals surface area contributed by atoms with Gasteiger partial charge in [-0.15, -0.1) is 11.8 Å². The molecule has 0 radical (unpaired) electrons. The van der Waals surface area contributed by atoms with Crippen molar-refractivity contribution in [1.82, 2.24) is 15.2 Å². The molecule has 2 aliphatic rings. The summed E-state index contributed by atoms with van der Waals surface area (Å²) in [5.41, 5.74) is 1.90. The van der Waals surface area contributed by atoms with Crippen molar-refractivity contribution < 1.29 is 9.59 Å². The van der Waals surface area contributed by atoms with Crippen LogP contribution >= 0.6 is 11.8 Å². The first-order chi connectivity index (χ1) is 13.7. The molecule has 6 nitrogen and oxygen atoms in total. The van der Waals surface area contributed by atoms with E-state index >= 15 is 0 Å². The second-order valence-corrected chi connectivity index (χ2v) is 8.02. The number of benzene rings is 1. The van der Waals surface area contributed by atoms with Crippen molar-refractivity contribution in [2.45, 2.75) is 17.4 Å². The smallest absolute Gasteiger partial charge is 0.228 e. The molecular weight excluding hydrogens is 372 g/mol. The summed E-state index contributed by atoms with van der Waals surface area (Å²) in [5.74, 6) is -0.223. The Labute approximate surface area is 169 Å². The molecule has 0 aliphatic carbocycles. The number of pyridine rings is 1. The molecule has 2 unspecified atom stereocenters.